The van der Waals surface area contributed by atoms with Gasteiger partial charge in [-0.2, -0.15) is 4.80 Å². The van der Waals surface area contributed by atoms with E-state index in [0.29, 0.717) is 5.69 Å². The molecule has 0 bridgehead atoms. The molecule has 8 aromatic carbocycles. The molecular formula is C45H28N4. The fourth-order valence-corrected chi connectivity index (χ4v) is 6.81. The van der Waals surface area contributed by atoms with Gasteiger partial charge in [0.15, 0.2) is 5.69 Å². The maximum absolute atomic E-state index is 7.24. The van der Waals surface area contributed by atoms with Crippen molar-refractivity contribution in [1.82, 2.24) is 15.0 Å². The number of benzene rings is 8. The Morgan fingerprint density at radius 1 is 0.408 bits per heavy atom. The van der Waals surface area contributed by atoms with E-state index < -0.39 is 0 Å². The van der Waals surface area contributed by atoms with Gasteiger partial charge in [-0.15, -0.1) is 10.2 Å². The molecule has 0 spiro atoms. The molecule has 0 saturated carbocycles. The first-order valence-corrected chi connectivity index (χ1v) is 16.3. The number of hydrogen-bond acceptors (Lipinski definition) is 2. The fourth-order valence-electron chi connectivity index (χ4n) is 6.81. The first-order valence-electron chi connectivity index (χ1n) is 16.3. The Kier molecular flexibility index (Phi) is 6.81. The summed E-state index contributed by atoms with van der Waals surface area (Å²) in [5.41, 5.74) is 12.2. The molecule has 0 radical (unpaired) electrons. The van der Waals surface area contributed by atoms with Gasteiger partial charge in [0.25, 0.3) is 0 Å². The predicted octanol–water partition coefficient (Wildman–Crippen LogP) is 11.9. The second-order valence-electron chi connectivity index (χ2n) is 12.2. The zero-order valence-corrected chi connectivity index (χ0v) is 26.5. The first kappa shape index (κ1) is 28.4. The summed E-state index contributed by atoms with van der Waals surface area (Å²) in [5.74, 6) is 0. The third-order valence-corrected chi connectivity index (χ3v) is 9.31. The van der Waals surface area contributed by atoms with E-state index in [9.17, 15) is 0 Å². The van der Waals surface area contributed by atoms with Crippen LogP contribution in [0.5, 0.6) is 0 Å². The van der Waals surface area contributed by atoms with Gasteiger partial charge in [-0.05, 0) is 96.4 Å². The summed E-state index contributed by atoms with van der Waals surface area (Å²) in [6.45, 7) is 7.24. The molecule has 49 heavy (non-hydrogen) atoms. The van der Waals surface area contributed by atoms with Crippen LogP contribution in [0, 0.1) is 6.57 Å². The Morgan fingerprint density at radius 2 is 0.898 bits per heavy atom. The summed E-state index contributed by atoms with van der Waals surface area (Å²) in [6, 6.07) is 59.1. The molecule has 0 aliphatic rings. The standard InChI is InChI=1S/C45H28N4/c1-46-36-23-19-31(20-24-36)30-15-17-33(18-16-30)43-29-45-44(28-42(43)32-9-3-2-4-10-32)47-49(48-45)37-25-21-34(22-26-37)41-27-35-11-5-6-12-38(35)39-13-7-8-14-40(39)41/h2-29H. The van der Waals surface area contributed by atoms with Crippen molar-refractivity contribution in [3.8, 4) is 50.2 Å². The average molecular weight is 625 g/mol. The van der Waals surface area contributed by atoms with E-state index in [1.54, 1.807) is 4.80 Å². The van der Waals surface area contributed by atoms with Crippen LogP contribution in [-0.2, 0) is 0 Å². The topological polar surface area (TPSA) is 35.1 Å². The molecule has 0 atom stereocenters. The van der Waals surface area contributed by atoms with Crippen molar-refractivity contribution in [2.45, 2.75) is 0 Å². The molecule has 0 aliphatic heterocycles. The number of hydrogen-bond donors (Lipinski definition) is 0. The molecule has 0 fully saturated rings. The molecule has 1 aromatic heterocycles. The largest absolute Gasteiger partial charge is 0.238 e. The van der Waals surface area contributed by atoms with Crippen LogP contribution in [-0.4, -0.2) is 15.0 Å². The van der Waals surface area contributed by atoms with Crippen LogP contribution in [0.1, 0.15) is 0 Å². The predicted molar refractivity (Wildman–Crippen MR) is 202 cm³/mol. The van der Waals surface area contributed by atoms with Gasteiger partial charge in [-0.3, -0.25) is 0 Å². The molecule has 1 heterocycles. The number of nitrogens with zero attached hydrogens (tertiary/aromatic N) is 4. The second-order valence-corrected chi connectivity index (χ2v) is 12.2. The number of aromatic nitrogens is 3. The third-order valence-electron chi connectivity index (χ3n) is 9.31. The van der Waals surface area contributed by atoms with Crippen molar-refractivity contribution in [3.63, 3.8) is 0 Å². The Balaban J connectivity index is 1.10. The zero-order chi connectivity index (χ0) is 32.7. The molecule has 0 unspecified atom stereocenters. The fraction of sp³-hybridized carbons (Fsp3) is 0. The van der Waals surface area contributed by atoms with E-state index >= 15 is 0 Å². The number of fused-ring (bicyclic) bond motifs is 4. The Labute approximate surface area is 284 Å². The third kappa shape index (κ3) is 5.11. The molecule has 0 aliphatic carbocycles. The van der Waals surface area contributed by atoms with Crippen molar-refractivity contribution in [2.24, 2.45) is 0 Å². The lowest BCUT2D eigenvalue weighted by atomic mass is 9.93. The minimum atomic E-state index is 0.642. The van der Waals surface area contributed by atoms with E-state index in [0.717, 1.165) is 55.7 Å². The van der Waals surface area contributed by atoms with Crippen LogP contribution in [0.2, 0.25) is 0 Å². The smallest absolute Gasteiger partial charge is 0.187 e. The summed E-state index contributed by atoms with van der Waals surface area (Å²) in [5, 5.41) is 14.9. The molecule has 4 nitrogen and oxygen atoms in total. The lowest BCUT2D eigenvalue weighted by Crippen LogP contribution is -1.98. The molecular weight excluding hydrogens is 597 g/mol. The van der Waals surface area contributed by atoms with Crippen molar-refractivity contribution >= 4 is 38.3 Å². The highest BCUT2D eigenvalue weighted by molar-refractivity contribution is 6.13. The maximum Gasteiger partial charge on any atom is 0.187 e. The number of rotatable bonds is 5. The molecule has 4 heteroatoms. The summed E-state index contributed by atoms with van der Waals surface area (Å²) >= 11 is 0. The van der Waals surface area contributed by atoms with Crippen LogP contribution in [0.15, 0.2) is 170 Å². The second kappa shape index (κ2) is 11.8. The quantitative estimate of drug-likeness (QED) is 0.141. The average Bonchev–Trinajstić information content (AvgIpc) is 3.61. The molecule has 9 rings (SSSR count). The summed E-state index contributed by atoms with van der Waals surface area (Å²) in [7, 11) is 0. The first-order chi connectivity index (χ1) is 24.2. The SMILES string of the molecule is [C-]#[N+]c1ccc(-c2ccc(-c3cc4nn(-c5ccc(-c6cc7ccccc7c7ccccc67)cc5)nc4cc3-c3ccccc3)cc2)cc1. The Hall–Kier alpha value is -6.83. The summed E-state index contributed by atoms with van der Waals surface area (Å²) in [6.07, 6.45) is 0. The van der Waals surface area contributed by atoms with Gasteiger partial charge in [0.05, 0.1) is 12.3 Å². The van der Waals surface area contributed by atoms with E-state index in [2.05, 4.69) is 144 Å². The minimum absolute atomic E-state index is 0.642. The van der Waals surface area contributed by atoms with Gasteiger partial charge < -0.3 is 0 Å². The Bertz CT molecular complexity index is 2680. The van der Waals surface area contributed by atoms with Gasteiger partial charge >= 0.3 is 0 Å². The van der Waals surface area contributed by atoms with Crippen molar-refractivity contribution < 1.29 is 0 Å². The molecule has 0 amide bonds. The monoisotopic (exact) mass is 624 g/mol. The molecule has 228 valence electrons. The van der Waals surface area contributed by atoms with Gasteiger partial charge in [-0.25, -0.2) is 4.85 Å². The van der Waals surface area contributed by atoms with E-state index in [4.69, 9.17) is 16.8 Å². The van der Waals surface area contributed by atoms with Crippen molar-refractivity contribution in [1.29, 1.82) is 0 Å². The van der Waals surface area contributed by atoms with E-state index in [1.807, 2.05) is 30.3 Å². The van der Waals surface area contributed by atoms with Gasteiger partial charge in [0.1, 0.15) is 11.0 Å². The van der Waals surface area contributed by atoms with Crippen LogP contribution in [0.25, 0.3) is 87.6 Å². The lowest BCUT2D eigenvalue weighted by Gasteiger charge is -2.11. The normalized spacial score (nSPS) is 11.2. The van der Waals surface area contributed by atoms with Gasteiger partial charge in [0, 0.05) is 0 Å². The zero-order valence-electron chi connectivity index (χ0n) is 26.5. The van der Waals surface area contributed by atoms with Gasteiger partial charge in [-0.1, -0.05) is 140 Å². The summed E-state index contributed by atoms with van der Waals surface area (Å²) < 4.78 is 0. The molecule has 9 aromatic rings. The highest BCUT2D eigenvalue weighted by atomic mass is 15.5. The Morgan fingerprint density at radius 3 is 1.55 bits per heavy atom. The highest BCUT2D eigenvalue weighted by Crippen LogP contribution is 2.37. The van der Waals surface area contributed by atoms with Crippen LogP contribution in [0.4, 0.5) is 5.69 Å². The maximum atomic E-state index is 7.24. The van der Waals surface area contributed by atoms with E-state index in [1.165, 1.54) is 27.1 Å². The van der Waals surface area contributed by atoms with Gasteiger partial charge in [0.2, 0.25) is 0 Å². The molecule has 0 saturated heterocycles. The minimum Gasteiger partial charge on any atom is -0.238 e. The summed E-state index contributed by atoms with van der Waals surface area (Å²) in [4.78, 5) is 5.25. The molecule has 0 N–H and O–H groups in total. The van der Waals surface area contributed by atoms with Crippen LogP contribution in [0.3, 0.4) is 0 Å². The van der Waals surface area contributed by atoms with Crippen LogP contribution >= 0.6 is 0 Å². The highest BCUT2D eigenvalue weighted by Gasteiger charge is 2.15. The lowest BCUT2D eigenvalue weighted by molar-refractivity contribution is 0.766. The van der Waals surface area contributed by atoms with Crippen LogP contribution < -0.4 is 0 Å². The van der Waals surface area contributed by atoms with Crippen molar-refractivity contribution in [3.05, 3.63) is 181 Å². The van der Waals surface area contributed by atoms with Crippen molar-refractivity contribution in [2.75, 3.05) is 0 Å². The van der Waals surface area contributed by atoms with E-state index in [-0.39, 0.29) is 0 Å².